The Labute approximate surface area is 143 Å². The summed E-state index contributed by atoms with van der Waals surface area (Å²) in [6.07, 6.45) is -3.89. The molecule has 0 saturated carbocycles. The van der Waals surface area contributed by atoms with Crippen LogP contribution in [0.2, 0.25) is 0 Å². The van der Waals surface area contributed by atoms with Crippen LogP contribution in [0.25, 0.3) is 17.2 Å². The molecule has 0 fully saturated rings. The molecule has 0 radical (unpaired) electrons. The first kappa shape index (κ1) is 17.3. The van der Waals surface area contributed by atoms with Gasteiger partial charge in [-0.2, -0.15) is 13.2 Å². The number of rotatable bonds is 4. The monoisotopic (exact) mass is 366 g/mol. The van der Waals surface area contributed by atoms with Crippen molar-refractivity contribution in [1.82, 2.24) is 24.7 Å². The van der Waals surface area contributed by atoms with E-state index in [0.717, 1.165) is 12.4 Å². The summed E-state index contributed by atoms with van der Waals surface area (Å²) < 4.78 is 45.3. The van der Waals surface area contributed by atoms with Gasteiger partial charge in [0.15, 0.2) is 5.69 Å². The van der Waals surface area contributed by atoms with Gasteiger partial charge in [-0.3, -0.25) is 0 Å². The Hall–Kier alpha value is -3.57. The van der Waals surface area contributed by atoms with Gasteiger partial charge in [0.05, 0.1) is 12.8 Å². The van der Waals surface area contributed by atoms with Crippen molar-refractivity contribution in [2.24, 2.45) is 0 Å². The molecule has 12 heteroatoms. The zero-order chi connectivity index (χ0) is 18.9. The van der Waals surface area contributed by atoms with E-state index in [-0.39, 0.29) is 5.69 Å². The summed E-state index contributed by atoms with van der Waals surface area (Å²) in [4.78, 5) is 20.6. The summed E-state index contributed by atoms with van der Waals surface area (Å²) in [5.74, 6) is -0.861. The first-order chi connectivity index (χ1) is 12.3. The number of aromatic nitrogens is 5. The molecule has 0 amide bonds. The number of benzene rings is 1. The van der Waals surface area contributed by atoms with Crippen LogP contribution in [0, 0.1) is 10.1 Å². The first-order valence-corrected chi connectivity index (χ1v) is 6.95. The minimum Gasteiger partial charge on any atom is -0.497 e. The molecule has 0 unspecified atom stereocenters. The van der Waals surface area contributed by atoms with Crippen LogP contribution in [0.3, 0.4) is 0 Å². The van der Waals surface area contributed by atoms with Gasteiger partial charge >= 0.3 is 12.1 Å². The molecule has 26 heavy (non-hydrogen) atoms. The number of hydrogen-bond acceptors (Lipinski definition) is 7. The number of nitrogens with zero attached hydrogens (tertiary/aromatic N) is 6. The fraction of sp³-hybridized carbons (Fsp3) is 0.143. The second-order valence-electron chi connectivity index (χ2n) is 4.91. The van der Waals surface area contributed by atoms with E-state index in [1.54, 1.807) is 18.2 Å². The van der Waals surface area contributed by atoms with Gasteiger partial charge in [-0.1, -0.05) is 17.1 Å². The van der Waals surface area contributed by atoms with Crippen LogP contribution < -0.4 is 4.74 Å². The average molecular weight is 366 g/mol. The van der Waals surface area contributed by atoms with Gasteiger partial charge in [0.2, 0.25) is 6.33 Å². The predicted octanol–water partition coefficient (Wildman–Crippen LogP) is 2.66. The number of alkyl halides is 3. The third-order valence-corrected chi connectivity index (χ3v) is 3.22. The van der Waals surface area contributed by atoms with Crippen LogP contribution in [-0.4, -0.2) is 36.8 Å². The van der Waals surface area contributed by atoms with Crippen molar-refractivity contribution in [3.63, 3.8) is 0 Å². The fourth-order valence-corrected chi connectivity index (χ4v) is 2.05. The van der Waals surface area contributed by atoms with E-state index >= 15 is 0 Å². The fourth-order valence-electron chi connectivity index (χ4n) is 2.05. The molecule has 2 aromatic heterocycles. The zero-order valence-corrected chi connectivity index (χ0v) is 13.0. The highest BCUT2D eigenvalue weighted by molar-refractivity contribution is 5.62. The summed E-state index contributed by atoms with van der Waals surface area (Å²) in [7, 11) is 1.42. The molecule has 1 aromatic carbocycles. The van der Waals surface area contributed by atoms with Crippen molar-refractivity contribution in [3.8, 4) is 23.0 Å². The van der Waals surface area contributed by atoms with E-state index in [4.69, 9.17) is 4.74 Å². The largest absolute Gasteiger partial charge is 0.497 e. The zero-order valence-electron chi connectivity index (χ0n) is 13.0. The van der Waals surface area contributed by atoms with Crippen LogP contribution in [-0.2, 0) is 6.18 Å². The Bertz CT molecular complexity index is 973. The van der Waals surface area contributed by atoms with E-state index < -0.39 is 28.7 Å². The van der Waals surface area contributed by atoms with Crippen molar-refractivity contribution in [1.29, 1.82) is 0 Å². The van der Waals surface area contributed by atoms with Crippen molar-refractivity contribution in [2.45, 2.75) is 6.18 Å². The quantitative estimate of drug-likeness (QED) is 0.516. The lowest BCUT2D eigenvalue weighted by Crippen LogP contribution is -2.13. The number of methoxy groups -OCH3 is 1. The maximum Gasteiger partial charge on any atom is 0.491 e. The molecular weight excluding hydrogens is 357 g/mol. The molecule has 9 nitrogen and oxygen atoms in total. The van der Waals surface area contributed by atoms with Gasteiger partial charge < -0.3 is 14.9 Å². The van der Waals surface area contributed by atoms with E-state index in [2.05, 4.69) is 20.1 Å². The van der Waals surface area contributed by atoms with E-state index in [9.17, 15) is 23.3 Å². The van der Waals surface area contributed by atoms with Crippen LogP contribution >= 0.6 is 0 Å². The maximum absolute atomic E-state index is 13.2. The Morgan fingerprint density at radius 1 is 1.23 bits per heavy atom. The summed E-state index contributed by atoms with van der Waals surface area (Å²) >= 11 is 0. The lowest BCUT2D eigenvalue weighted by atomic mass is 10.1. The van der Waals surface area contributed by atoms with Crippen LogP contribution in [0.4, 0.5) is 19.1 Å². The third-order valence-electron chi connectivity index (χ3n) is 3.22. The van der Waals surface area contributed by atoms with Gasteiger partial charge in [0.25, 0.3) is 5.95 Å². The minimum absolute atomic E-state index is 0.0561. The minimum atomic E-state index is -4.75. The predicted molar refractivity (Wildman–Crippen MR) is 80.6 cm³/mol. The molecule has 0 aliphatic carbocycles. The van der Waals surface area contributed by atoms with Crippen molar-refractivity contribution < 1.29 is 22.8 Å². The van der Waals surface area contributed by atoms with Crippen molar-refractivity contribution in [2.75, 3.05) is 7.11 Å². The maximum atomic E-state index is 13.2. The Morgan fingerprint density at radius 2 is 2.00 bits per heavy atom. The van der Waals surface area contributed by atoms with Gasteiger partial charge in [-0.05, 0) is 23.1 Å². The first-order valence-electron chi connectivity index (χ1n) is 6.95. The van der Waals surface area contributed by atoms with Gasteiger partial charge in [0, 0.05) is 10.7 Å². The van der Waals surface area contributed by atoms with E-state index in [1.807, 2.05) is 0 Å². The molecule has 0 atom stereocenters. The van der Waals surface area contributed by atoms with Crippen LogP contribution in [0.5, 0.6) is 5.75 Å². The molecule has 0 N–H and O–H groups in total. The number of nitro groups is 1. The summed E-state index contributed by atoms with van der Waals surface area (Å²) in [5, 5.41) is 14.1. The van der Waals surface area contributed by atoms with Crippen molar-refractivity contribution >= 4 is 5.95 Å². The highest BCUT2D eigenvalue weighted by Gasteiger charge is 2.34. The van der Waals surface area contributed by atoms with Crippen molar-refractivity contribution in [3.05, 3.63) is 52.5 Å². The lowest BCUT2D eigenvalue weighted by molar-refractivity contribution is -0.394. The molecule has 0 spiro atoms. The van der Waals surface area contributed by atoms with Crippen LogP contribution in [0.15, 0.2) is 36.7 Å². The molecular formula is C14H9F3N6O3. The smallest absolute Gasteiger partial charge is 0.491 e. The lowest BCUT2D eigenvalue weighted by Gasteiger charge is -2.10. The number of ether oxygens (including phenoxy) is 1. The SMILES string of the molecule is COc1cccc(-c2cc(C(F)(F)F)nc(-n3cnc([N+](=O)[O-])n3)n2)c1. The van der Waals surface area contributed by atoms with E-state index in [0.29, 0.717) is 16.0 Å². The molecule has 134 valence electrons. The molecule has 2 heterocycles. The second kappa shape index (κ2) is 6.38. The summed E-state index contributed by atoms with van der Waals surface area (Å²) in [6.45, 7) is 0. The number of halogens is 3. The molecule has 3 rings (SSSR count). The number of hydrogen-bond donors (Lipinski definition) is 0. The van der Waals surface area contributed by atoms with Gasteiger partial charge in [-0.15, -0.1) is 4.68 Å². The molecule has 0 aliphatic heterocycles. The normalized spacial score (nSPS) is 11.4. The molecule has 0 saturated heterocycles. The van der Waals surface area contributed by atoms with Crippen LogP contribution in [0.1, 0.15) is 5.69 Å². The van der Waals surface area contributed by atoms with E-state index in [1.165, 1.54) is 13.2 Å². The Morgan fingerprint density at radius 3 is 2.62 bits per heavy atom. The highest BCUT2D eigenvalue weighted by atomic mass is 19.4. The third kappa shape index (κ3) is 3.43. The Kier molecular flexibility index (Phi) is 4.24. The average Bonchev–Trinajstić information content (AvgIpc) is 3.11. The Balaban J connectivity index is 2.16. The van der Waals surface area contributed by atoms with Gasteiger partial charge in [0.1, 0.15) is 5.75 Å². The molecule has 0 bridgehead atoms. The highest BCUT2D eigenvalue weighted by Crippen LogP contribution is 2.31. The molecule has 3 aromatic rings. The summed E-state index contributed by atoms with van der Waals surface area (Å²) in [5.41, 5.74) is -0.939. The second-order valence-corrected chi connectivity index (χ2v) is 4.91. The van der Waals surface area contributed by atoms with Gasteiger partial charge in [-0.25, -0.2) is 9.97 Å². The topological polar surface area (TPSA) is 109 Å². The molecule has 0 aliphatic rings. The standard InChI is InChI=1S/C14H9F3N6O3/c1-26-9-4-2-3-8(5-9)10-6-11(14(15,16)17)20-13(19-10)22-7-18-12(21-22)23(24)25/h2-7H,1H3. The summed E-state index contributed by atoms with van der Waals surface area (Å²) in [6, 6.07) is 7.01.